The summed E-state index contributed by atoms with van der Waals surface area (Å²) in [5, 5.41) is 4.74. The van der Waals surface area contributed by atoms with Gasteiger partial charge in [-0.3, -0.25) is 0 Å². The van der Waals surface area contributed by atoms with E-state index in [0.29, 0.717) is 5.28 Å². The molecule has 0 atom stereocenters. The maximum atomic E-state index is 5.92. The van der Waals surface area contributed by atoms with E-state index < -0.39 is 0 Å². The first-order chi connectivity index (χ1) is 8.20. The van der Waals surface area contributed by atoms with Crippen LogP contribution in [0, 0.1) is 6.92 Å². The maximum absolute atomic E-state index is 5.92. The second kappa shape index (κ2) is 5.65. The molecule has 3 nitrogen and oxygen atoms in total. The smallest absolute Gasteiger partial charge is 0.225 e. The minimum Gasteiger partial charge on any atom is -0.369 e. The average Bonchev–Trinajstić information content (AvgIpc) is 2.64. The molecule has 2 aromatic rings. The van der Waals surface area contributed by atoms with E-state index in [2.05, 4.69) is 35.2 Å². The fourth-order valence-corrected chi connectivity index (χ4v) is 2.83. The third kappa shape index (κ3) is 3.07. The molecule has 0 spiro atoms. The van der Waals surface area contributed by atoms with Crippen molar-refractivity contribution in [1.82, 2.24) is 9.97 Å². The van der Waals surface area contributed by atoms with Crippen LogP contribution < -0.4 is 5.32 Å². The number of hydrogen-bond acceptors (Lipinski definition) is 4. The van der Waals surface area contributed by atoms with Gasteiger partial charge in [0, 0.05) is 11.4 Å². The SMILES string of the molecule is CCCCCNc1nc(Cl)nc2sc(C)cc12. The summed E-state index contributed by atoms with van der Waals surface area (Å²) in [7, 11) is 0. The van der Waals surface area contributed by atoms with Crippen LogP contribution in [0.4, 0.5) is 5.82 Å². The van der Waals surface area contributed by atoms with Crippen LogP contribution >= 0.6 is 22.9 Å². The molecular formula is C12H16ClN3S. The van der Waals surface area contributed by atoms with Gasteiger partial charge in [0.15, 0.2) is 0 Å². The van der Waals surface area contributed by atoms with Crippen LogP contribution in [0.3, 0.4) is 0 Å². The molecule has 0 saturated heterocycles. The Bertz CT molecular complexity index is 510. The van der Waals surface area contributed by atoms with Crippen molar-refractivity contribution in [3.05, 3.63) is 16.2 Å². The third-order valence-electron chi connectivity index (χ3n) is 2.56. The highest BCUT2D eigenvalue weighted by molar-refractivity contribution is 7.18. The topological polar surface area (TPSA) is 37.8 Å². The van der Waals surface area contributed by atoms with Gasteiger partial charge in [0.1, 0.15) is 10.6 Å². The van der Waals surface area contributed by atoms with Gasteiger partial charge >= 0.3 is 0 Å². The molecule has 0 aliphatic heterocycles. The fourth-order valence-electron chi connectivity index (χ4n) is 1.73. The quantitative estimate of drug-likeness (QED) is 0.651. The summed E-state index contributed by atoms with van der Waals surface area (Å²) < 4.78 is 0. The molecule has 1 N–H and O–H groups in total. The molecule has 0 saturated carbocycles. The lowest BCUT2D eigenvalue weighted by Crippen LogP contribution is -2.04. The predicted octanol–water partition coefficient (Wildman–Crippen LogP) is 4.26. The average molecular weight is 270 g/mol. The van der Waals surface area contributed by atoms with Crippen molar-refractivity contribution in [2.75, 3.05) is 11.9 Å². The molecule has 0 aliphatic carbocycles. The van der Waals surface area contributed by atoms with Gasteiger partial charge in [0.05, 0.1) is 5.39 Å². The molecule has 2 heterocycles. The molecular weight excluding hydrogens is 254 g/mol. The molecule has 5 heteroatoms. The van der Waals surface area contributed by atoms with E-state index >= 15 is 0 Å². The molecule has 17 heavy (non-hydrogen) atoms. The highest BCUT2D eigenvalue weighted by atomic mass is 35.5. The molecule has 92 valence electrons. The fraction of sp³-hybridized carbons (Fsp3) is 0.500. The Morgan fingerprint density at radius 3 is 2.94 bits per heavy atom. The van der Waals surface area contributed by atoms with E-state index in [-0.39, 0.29) is 0 Å². The van der Waals surface area contributed by atoms with E-state index in [9.17, 15) is 0 Å². The highest BCUT2D eigenvalue weighted by Crippen LogP contribution is 2.29. The lowest BCUT2D eigenvalue weighted by Gasteiger charge is -2.06. The summed E-state index contributed by atoms with van der Waals surface area (Å²) in [6, 6.07) is 2.11. The van der Waals surface area contributed by atoms with Gasteiger partial charge in [-0.2, -0.15) is 0 Å². The van der Waals surface area contributed by atoms with Crippen LogP contribution in [0.2, 0.25) is 5.28 Å². The van der Waals surface area contributed by atoms with Crippen LogP contribution in [-0.4, -0.2) is 16.5 Å². The zero-order chi connectivity index (χ0) is 12.3. The maximum Gasteiger partial charge on any atom is 0.225 e. The summed E-state index contributed by atoms with van der Waals surface area (Å²) in [6.07, 6.45) is 3.61. The number of nitrogens with zero attached hydrogens (tertiary/aromatic N) is 2. The number of rotatable bonds is 5. The molecule has 0 aromatic carbocycles. The molecule has 0 amide bonds. The predicted molar refractivity (Wildman–Crippen MR) is 75.2 cm³/mol. The summed E-state index contributed by atoms with van der Waals surface area (Å²) in [5.41, 5.74) is 0. The highest BCUT2D eigenvalue weighted by Gasteiger charge is 2.08. The largest absolute Gasteiger partial charge is 0.369 e. The summed E-state index contributed by atoms with van der Waals surface area (Å²) in [4.78, 5) is 10.7. The van der Waals surface area contributed by atoms with E-state index in [0.717, 1.165) is 29.0 Å². The zero-order valence-electron chi connectivity index (χ0n) is 10.1. The van der Waals surface area contributed by atoms with Crippen LogP contribution in [0.25, 0.3) is 10.2 Å². The van der Waals surface area contributed by atoms with Crippen LogP contribution in [-0.2, 0) is 0 Å². The van der Waals surface area contributed by atoms with E-state index in [4.69, 9.17) is 11.6 Å². The number of aromatic nitrogens is 2. The summed E-state index contributed by atoms with van der Waals surface area (Å²) in [5.74, 6) is 0.862. The normalized spacial score (nSPS) is 11.0. The number of nitrogens with one attached hydrogen (secondary N) is 1. The van der Waals surface area contributed by atoms with Crippen molar-refractivity contribution >= 4 is 39.0 Å². The Morgan fingerprint density at radius 2 is 2.18 bits per heavy atom. The Hall–Kier alpha value is -0.870. The number of hydrogen-bond donors (Lipinski definition) is 1. The minimum absolute atomic E-state index is 0.317. The lowest BCUT2D eigenvalue weighted by atomic mass is 10.2. The molecule has 0 bridgehead atoms. The Morgan fingerprint density at radius 1 is 1.35 bits per heavy atom. The van der Waals surface area contributed by atoms with Crippen molar-refractivity contribution < 1.29 is 0 Å². The third-order valence-corrected chi connectivity index (χ3v) is 3.67. The standard InChI is InChI=1S/C12H16ClN3S/c1-3-4-5-6-14-10-9-7-8(2)17-11(9)16-12(13)15-10/h7H,3-6H2,1-2H3,(H,14,15,16). The molecule has 0 fully saturated rings. The number of fused-ring (bicyclic) bond motifs is 1. The second-order valence-corrected chi connectivity index (χ2v) is 5.62. The number of thiophene rings is 1. The van der Waals surface area contributed by atoms with Gasteiger partial charge in [-0.1, -0.05) is 19.8 Å². The zero-order valence-corrected chi connectivity index (χ0v) is 11.7. The molecule has 0 aliphatic rings. The minimum atomic E-state index is 0.317. The van der Waals surface area contributed by atoms with Gasteiger partial charge in [-0.25, -0.2) is 9.97 Å². The van der Waals surface area contributed by atoms with Crippen molar-refractivity contribution in [3.63, 3.8) is 0 Å². The second-order valence-electron chi connectivity index (χ2n) is 4.05. The van der Waals surface area contributed by atoms with Crippen molar-refractivity contribution in [1.29, 1.82) is 0 Å². The summed E-state index contributed by atoms with van der Waals surface area (Å²) >= 11 is 7.57. The Balaban J connectivity index is 2.19. The molecule has 2 rings (SSSR count). The summed E-state index contributed by atoms with van der Waals surface area (Å²) in [6.45, 7) is 5.20. The van der Waals surface area contributed by atoms with Crippen molar-refractivity contribution in [2.45, 2.75) is 33.1 Å². The molecule has 0 unspecified atom stereocenters. The molecule has 2 aromatic heterocycles. The number of aryl methyl sites for hydroxylation is 1. The van der Waals surface area contributed by atoms with Gasteiger partial charge in [-0.15, -0.1) is 11.3 Å². The van der Waals surface area contributed by atoms with E-state index in [1.807, 2.05) is 0 Å². The lowest BCUT2D eigenvalue weighted by molar-refractivity contribution is 0.742. The Labute approximate surface area is 110 Å². The van der Waals surface area contributed by atoms with Gasteiger partial charge in [-0.05, 0) is 31.0 Å². The first kappa shape index (κ1) is 12.6. The van der Waals surface area contributed by atoms with E-state index in [1.165, 1.54) is 17.7 Å². The molecule has 0 radical (unpaired) electrons. The van der Waals surface area contributed by atoms with Gasteiger partial charge in [0.25, 0.3) is 0 Å². The first-order valence-corrected chi connectivity index (χ1v) is 7.07. The Kier molecular flexibility index (Phi) is 4.18. The first-order valence-electron chi connectivity index (χ1n) is 5.88. The monoisotopic (exact) mass is 269 g/mol. The van der Waals surface area contributed by atoms with Crippen LogP contribution in [0.5, 0.6) is 0 Å². The number of halogens is 1. The van der Waals surface area contributed by atoms with Crippen LogP contribution in [0.15, 0.2) is 6.07 Å². The van der Waals surface area contributed by atoms with Crippen LogP contribution in [0.1, 0.15) is 31.1 Å². The van der Waals surface area contributed by atoms with E-state index in [1.54, 1.807) is 11.3 Å². The number of unbranched alkanes of at least 4 members (excludes halogenated alkanes) is 2. The number of anilines is 1. The van der Waals surface area contributed by atoms with Gasteiger partial charge < -0.3 is 5.32 Å². The van der Waals surface area contributed by atoms with Gasteiger partial charge in [0.2, 0.25) is 5.28 Å². The van der Waals surface area contributed by atoms with Crippen molar-refractivity contribution in [3.8, 4) is 0 Å². The van der Waals surface area contributed by atoms with Crippen molar-refractivity contribution in [2.24, 2.45) is 0 Å².